The molecule has 0 amide bonds. The molecule has 1 aliphatic rings. The molecule has 3 nitrogen and oxygen atoms in total. The summed E-state index contributed by atoms with van der Waals surface area (Å²) < 4.78 is 5.24. The predicted molar refractivity (Wildman–Crippen MR) is 81.1 cm³/mol. The van der Waals surface area contributed by atoms with Crippen molar-refractivity contribution in [3.8, 4) is 5.75 Å². The van der Waals surface area contributed by atoms with Gasteiger partial charge in [-0.2, -0.15) is 0 Å². The third-order valence-corrected chi connectivity index (χ3v) is 4.46. The molecular weight excluding hydrogens is 236 g/mol. The highest BCUT2D eigenvalue weighted by atomic mass is 16.5. The van der Waals surface area contributed by atoms with Crippen LogP contribution in [0.4, 0.5) is 5.69 Å². The van der Waals surface area contributed by atoms with Crippen molar-refractivity contribution in [1.82, 2.24) is 5.32 Å². The number of hydrogen-bond donors (Lipinski definition) is 1. The first kappa shape index (κ1) is 14.2. The first-order valence-corrected chi connectivity index (χ1v) is 7.16. The van der Waals surface area contributed by atoms with Gasteiger partial charge in [0.1, 0.15) is 5.75 Å². The highest BCUT2D eigenvalue weighted by Crippen LogP contribution is 2.37. The smallest absolute Gasteiger partial charge is 0.119 e. The van der Waals surface area contributed by atoms with Crippen LogP contribution in [0.25, 0.3) is 0 Å². The third-order valence-electron chi connectivity index (χ3n) is 4.46. The summed E-state index contributed by atoms with van der Waals surface area (Å²) in [6.07, 6.45) is 2.57. The van der Waals surface area contributed by atoms with Crippen molar-refractivity contribution >= 4 is 5.69 Å². The lowest BCUT2D eigenvalue weighted by Crippen LogP contribution is -2.55. The molecule has 0 saturated carbocycles. The fraction of sp³-hybridized carbons (Fsp3) is 0.625. The van der Waals surface area contributed by atoms with Crippen molar-refractivity contribution in [3.05, 3.63) is 24.3 Å². The average molecular weight is 262 g/mol. The topological polar surface area (TPSA) is 24.5 Å². The minimum Gasteiger partial charge on any atom is -0.497 e. The summed E-state index contributed by atoms with van der Waals surface area (Å²) in [5.74, 6) is 1.61. The van der Waals surface area contributed by atoms with E-state index in [1.807, 2.05) is 19.2 Å². The Labute approximate surface area is 116 Å². The van der Waals surface area contributed by atoms with Crippen LogP contribution in [-0.4, -0.2) is 32.8 Å². The monoisotopic (exact) mass is 262 g/mol. The van der Waals surface area contributed by atoms with Gasteiger partial charge in [-0.05, 0) is 70.5 Å². The lowest BCUT2D eigenvalue weighted by molar-refractivity contribution is 0.234. The van der Waals surface area contributed by atoms with E-state index in [0.29, 0.717) is 5.92 Å². The fourth-order valence-electron chi connectivity index (χ4n) is 3.18. The van der Waals surface area contributed by atoms with Crippen molar-refractivity contribution in [1.29, 1.82) is 0 Å². The molecule has 19 heavy (non-hydrogen) atoms. The predicted octanol–water partition coefficient (Wildman–Crippen LogP) is 2.91. The number of benzene rings is 1. The molecule has 0 bridgehead atoms. The number of hydrogen-bond acceptors (Lipinski definition) is 3. The molecule has 1 aromatic rings. The Morgan fingerprint density at radius 3 is 2.58 bits per heavy atom. The number of nitrogens with one attached hydrogen (secondary N) is 1. The van der Waals surface area contributed by atoms with E-state index in [1.54, 1.807) is 7.11 Å². The highest BCUT2D eigenvalue weighted by Gasteiger charge is 2.37. The Hall–Kier alpha value is -1.22. The second-order valence-corrected chi connectivity index (χ2v) is 5.90. The first-order valence-electron chi connectivity index (χ1n) is 7.16. The normalized spacial score (nSPS) is 22.3. The van der Waals surface area contributed by atoms with E-state index in [1.165, 1.54) is 18.5 Å². The number of ether oxygens (including phenoxy) is 1. The van der Waals surface area contributed by atoms with E-state index < -0.39 is 0 Å². The molecule has 106 valence electrons. The zero-order valence-corrected chi connectivity index (χ0v) is 12.6. The van der Waals surface area contributed by atoms with E-state index in [9.17, 15) is 0 Å². The van der Waals surface area contributed by atoms with Gasteiger partial charge in [-0.3, -0.25) is 0 Å². The van der Waals surface area contributed by atoms with Crippen LogP contribution >= 0.6 is 0 Å². The summed E-state index contributed by atoms with van der Waals surface area (Å²) in [5.41, 5.74) is 1.49. The lowest BCUT2D eigenvalue weighted by atomic mass is 9.78. The molecule has 0 spiro atoms. The minimum atomic E-state index is 0.190. The number of rotatable bonds is 4. The second kappa shape index (κ2) is 5.83. The van der Waals surface area contributed by atoms with Gasteiger partial charge < -0.3 is 15.0 Å². The fourth-order valence-corrected chi connectivity index (χ4v) is 3.18. The molecule has 1 N–H and O–H groups in total. The molecule has 1 aliphatic heterocycles. The van der Waals surface area contributed by atoms with Gasteiger partial charge in [0.25, 0.3) is 0 Å². The molecule has 3 heteroatoms. The second-order valence-electron chi connectivity index (χ2n) is 5.90. The highest BCUT2D eigenvalue weighted by molar-refractivity contribution is 5.51. The van der Waals surface area contributed by atoms with Gasteiger partial charge in [0, 0.05) is 17.8 Å². The third kappa shape index (κ3) is 2.86. The van der Waals surface area contributed by atoms with Crippen molar-refractivity contribution in [3.63, 3.8) is 0 Å². The van der Waals surface area contributed by atoms with E-state index in [0.717, 1.165) is 18.8 Å². The summed E-state index contributed by atoms with van der Waals surface area (Å²) in [5, 5.41) is 3.34. The van der Waals surface area contributed by atoms with Gasteiger partial charge in [0.15, 0.2) is 0 Å². The molecule has 2 rings (SSSR count). The molecule has 1 saturated heterocycles. The number of nitrogens with zero attached hydrogens (tertiary/aromatic N) is 1. The standard InChI is InChI=1S/C16H26N2O/c1-16(2)13(12-17-3)6-5-11-18(16)14-7-9-15(19-4)10-8-14/h7-10,13,17H,5-6,11-12H2,1-4H3. The molecule has 1 unspecified atom stereocenters. The maximum absolute atomic E-state index is 5.24. The molecule has 1 atom stereocenters. The van der Waals surface area contributed by atoms with Gasteiger partial charge in [0.05, 0.1) is 7.11 Å². The van der Waals surface area contributed by atoms with Crippen LogP contribution in [-0.2, 0) is 0 Å². The molecule has 1 fully saturated rings. The SMILES string of the molecule is CNCC1CCCN(c2ccc(OC)cc2)C1(C)C. The molecule has 0 aliphatic carbocycles. The summed E-state index contributed by atoms with van der Waals surface area (Å²) in [6.45, 7) is 6.94. The minimum absolute atomic E-state index is 0.190. The van der Waals surface area contributed by atoms with Crippen LogP contribution in [0.15, 0.2) is 24.3 Å². The Morgan fingerprint density at radius 1 is 1.32 bits per heavy atom. The van der Waals surface area contributed by atoms with Crippen LogP contribution in [0.5, 0.6) is 5.75 Å². The van der Waals surface area contributed by atoms with Crippen LogP contribution < -0.4 is 15.0 Å². The zero-order chi connectivity index (χ0) is 13.9. The van der Waals surface area contributed by atoms with Crippen molar-refractivity contribution in [2.75, 3.05) is 32.1 Å². The Kier molecular flexibility index (Phi) is 4.35. The van der Waals surface area contributed by atoms with Crippen LogP contribution in [0.3, 0.4) is 0 Å². The molecule has 1 aromatic carbocycles. The number of piperidine rings is 1. The Bertz CT molecular complexity index is 398. The lowest BCUT2D eigenvalue weighted by Gasteiger charge is -2.49. The zero-order valence-electron chi connectivity index (χ0n) is 12.6. The van der Waals surface area contributed by atoms with Crippen LogP contribution in [0.2, 0.25) is 0 Å². The largest absolute Gasteiger partial charge is 0.497 e. The van der Waals surface area contributed by atoms with Gasteiger partial charge in [0.2, 0.25) is 0 Å². The van der Waals surface area contributed by atoms with Gasteiger partial charge >= 0.3 is 0 Å². The molecule has 1 heterocycles. The number of anilines is 1. The van der Waals surface area contributed by atoms with Crippen molar-refractivity contribution in [2.24, 2.45) is 5.92 Å². The van der Waals surface area contributed by atoms with E-state index in [-0.39, 0.29) is 5.54 Å². The Balaban J connectivity index is 2.21. The summed E-state index contributed by atoms with van der Waals surface area (Å²) >= 11 is 0. The van der Waals surface area contributed by atoms with Gasteiger partial charge in [-0.25, -0.2) is 0 Å². The molecule has 0 aromatic heterocycles. The van der Waals surface area contributed by atoms with Crippen molar-refractivity contribution < 1.29 is 4.74 Å². The number of methoxy groups -OCH3 is 1. The molecular formula is C16H26N2O. The van der Waals surface area contributed by atoms with Gasteiger partial charge in [-0.15, -0.1) is 0 Å². The molecule has 0 radical (unpaired) electrons. The Morgan fingerprint density at radius 2 is 2.00 bits per heavy atom. The summed E-state index contributed by atoms with van der Waals surface area (Å²) in [4.78, 5) is 2.54. The first-order chi connectivity index (χ1) is 9.09. The van der Waals surface area contributed by atoms with Crippen molar-refractivity contribution in [2.45, 2.75) is 32.2 Å². The average Bonchev–Trinajstić information content (AvgIpc) is 2.41. The summed E-state index contributed by atoms with van der Waals surface area (Å²) in [6, 6.07) is 8.44. The maximum Gasteiger partial charge on any atom is 0.119 e. The quantitative estimate of drug-likeness (QED) is 0.903. The van der Waals surface area contributed by atoms with E-state index in [2.05, 4.69) is 36.2 Å². The van der Waals surface area contributed by atoms with Crippen LogP contribution in [0, 0.1) is 5.92 Å². The van der Waals surface area contributed by atoms with E-state index in [4.69, 9.17) is 4.74 Å². The van der Waals surface area contributed by atoms with E-state index >= 15 is 0 Å². The van der Waals surface area contributed by atoms with Gasteiger partial charge in [-0.1, -0.05) is 0 Å². The maximum atomic E-state index is 5.24. The van der Waals surface area contributed by atoms with Crippen LogP contribution in [0.1, 0.15) is 26.7 Å². The summed E-state index contributed by atoms with van der Waals surface area (Å²) in [7, 11) is 3.76.